The van der Waals surface area contributed by atoms with Crippen LogP contribution < -0.4 is 10.5 Å². The van der Waals surface area contributed by atoms with Crippen LogP contribution in [0.4, 0.5) is 5.82 Å². The number of aromatic nitrogens is 5. The summed E-state index contributed by atoms with van der Waals surface area (Å²) in [6, 6.07) is 1.74. The number of anilines is 1. The summed E-state index contributed by atoms with van der Waals surface area (Å²) in [5.74, 6) is 1.62. The van der Waals surface area contributed by atoms with Gasteiger partial charge in [0.1, 0.15) is 0 Å². The normalized spacial score (nSPS) is 10.4. The minimum atomic E-state index is 0.356. The quantitative estimate of drug-likeness (QED) is 0.702. The van der Waals surface area contributed by atoms with Gasteiger partial charge in [-0.25, -0.2) is 4.68 Å². The Morgan fingerprint density at radius 3 is 2.79 bits per heavy atom. The van der Waals surface area contributed by atoms with Gasteiger partial charge in [0.2, 0.25) is 5.88 Å². The van der Waals surface area contributed by atoms with Crippen molar-refractivity contribution in [3.8, 4) is 11.7 Å². The highest BCUT2D eigenvalue weighted by molar-refractivity contribution is 5.31. The predicted molar refractivity (Wildman–Crippen MR) is 49.1 cm³/mol. The summed E-state index contributed by atoms with van der Waals surface area (Å²) in [5.41, 5.74) is 5.43. The van der Waals surface area contributed by atoms with Crippen LogP contribution in [-0.2, 0) is 7.05 Å². The lowest BCUT2D eigenvalue weighted by Crippen LogP contribution is -1.98. The molecule has 2 rings (SSSR count). The van der Waals surface area contributed by atoms with Gasteiger partial charge in [0.25, 0.3) is 0 Å². The van der Waals surface area contributed by atoms with Gasteiger partial charge in [0.05, 0.1) is 13.3 Å². The molecule has 0 radical (unpaired) electrons. The minimum Gasteiger partial charge on any atom is -0.481 e. The molecule has 7 heteroatoms. The van der Waals surface area contributed by atoms with Crippen molar-refractivity contribution >= 4 is 5.82 Å². The van der Waals surface area contributed by atoms with Crippen LogP contribution in [-0.4, -0.2) is 31.9 Å². The summed E-state index contributed by atoms with van der Waals surface area (Å²) in [5, 5.41) is 11.6. The molecular weight excluding hydrogens is 184 g/mol. The fourth-order valence-corrected chi connectivity index (χ4v) is 1.13. The van der Waals surface area contributed by atoms with Crippen molar-refractivity contribution in [1.29, 1.82) is 0 Å². The van der Waals surface area contributed by atoms with E-state index < -0.39 is 0 Å². The van der Waals surface area contributed by atoms with Crippen molar-refractivity contribution in [3.05, 3.63) is 12.3 Å². The largest absolute Gasteiger partial charge is 0.481 e. The summed E-state index contributed by atoms with van der Waals surface area (Å²) in [7, 11) is 3.36. The van der Waals surface area contributed by atoms with E-state index in [2.05, 4.69) is 15.4 Å². The van der Waals surface area contributed by atoms with Crippen molar-refractivity contribution in [1.82, 2.24) is 24.8 Å². The number of nitrogen functional groups attached to an aromatic ring is 1. The molecule has 0 spiro atoms. The number of aryl methyl sites for hydroxylation is 1. The van der Waals surface area contributed by atoms with E-state index in [-0.39, 0.29) is 0 Å². The number of nitrogens with two attached hydrogens (primary N) is 1. The third-order valence-corrected chi connectivity index (χ3v) is 1.78. The summed E-state index contributed by atoms with van der Waals surface area (Å²) in [4.78, 5) is 0. The topological polar surface area (TPSA) is 83.8 Å². The van der Waals surface area contributed by atoms with Crippen LogP contribution in [0.5, 0.6) is 5.88 Å². The maximum atomic E-state index is 5.43. The molecule has 0 aliphatic carbocycles. The molecule has 14 heavy (non-hydrogen) atoms. The molecule has 2 heterocycles. The van der Waals surface area contributed by atoms with E-state index >= 15 is 0 Å². The third kappa shape index (κ3) is 1.28. The van der Waals surface area contributed by atoms with Gasteiger partial charge in [0, 0.05) is 13.1 Å². The highest BCUT2D eigenvalue weighted by Gasteiger charge is 2.07. The molecule has 2 aromatic rings. The van der Waals surface area contributed by atoms with Crippen molar-refractivity contribution < 1.29 is 4.74 Å². The molecule has 0 saturated carbocycles. The Hall–Kier alpha value is -2.05. The molecule has 0 unspecified atom stereocenters. The zero-order valence-corrected chi connectivity index (χ0v) is 7.88. The molecule has 0 amide bonds. The third-order valence-electron chi connectivity index (χ3n) is 1.78. The average molecular weight is 194 g/mol. The van der Waals surface area contributed by atoms with Crippen LogP contribution in [0.3, 0.4) is 0 Å². The van der Waals surface area contributed by atoms with Crippen molar-refractivity contribution in [2.45, 2.75) is 0 Å². The van der Waals surface area contributed by atoms with Crippen LogP contribution in [0.1, 0.15) is 0 Å². The van der Waals surface area contributed by atoms with Crippen LogP contribution >= 0.6 is 0 Å². The Morgan fingerprint density at radius 1 is 1.50 bits per heavy atom. The SMILES string of the molecule is COc1cc(-n2cc(N)nn2)nn1C. The van der Waals surface area contributed by atoms with E-state index in [4.69, 9.17) is 10.5 Å². The van der Waals surface area contributed by atoms with Crippen molar-refractivity contribution in [3.63, 3.8) is 0 Å². The standard InChI is InChI=1S/C7H10N6O/c1-12-7(14-2)3-6(10-12)13-4-5(8)9-11-13/h3-4H,8H2,1-2H3. The molecule has 0 aliphatic heterocycles. The zero-order valence-electron chi connectivity index (χ0n) is 7.88. The number of rotatable bonds is 2. The molecule has 0 saturated heterocycles. The van der Waals surface area contributed by atoms with Gasteiger partial charge < -0.3 is 10.5 Å². The average Bonchev–Trinajstić information content (AvgIpc) is 2.71. The Bertz CT molecular complexity index is 445. The maximum Gasteiger partial charge on any atom is 0.213 e. The summed E-state index contributed by atoms with van der Waals surface area (Å²) >= 11 is 0. The molecule has 2 N–H and O–H groups in total. The van der Waals surface area contributed by atoms with Gasteiger partial charge in [0.15, 0.2) is 11.6 Å². The summed E-state index contributed by atoms with van der Waals surface area (Å²) in [6.07, 6.45) is 1.59. The van der Waals surface area contributed by atoms with E-state index in [1.54, 1.807) is 31.1 Å². The van der Waals surface area contributed by atoms with Gasteiger partial charge in [-0.1, -0.05) is 5.21 Å². The van der Waals surface area contributed by atoms with Crippen LogP contribution in [0.15, 0.2) is 12.3 Å². The molecule has 74 valence electrons. The fourth-order valence-electron chi connectivity index (χ4n) is 1.13. The monoisotopic (exact) mass is 194 g/mol. The van der Waals surface area contributed by atoms with Gasteiger partial charge in [-0.2, -0.15) is 4.68 Å². The lowest BCUT2D eigenvalue weighted by molar-refractivity contribution is 0.373. The molecular formula is C7H10N6O. The van der Waals surface area contributed by atoms with Crippen molar-refractivity contribution in [2.75, 3.05) is 12.8 Å². The number of hydrogen-bond acceptors (Lipinski definition) is 5. The first kappa shape index (κ1) is 8.54. The van der Waals surface area contributed by atoms with E-state index in [1.807, 2.05) is 0 Å². The smallest absolute Gasteiger partial charge is 0.213 e. The van der Waals surface area contributed by atoms with Gasteiger partial charge in [-0.05, 0) is 0 Å². The Labute approximate surface area is 80.1 Å². The maximum absolute atomic E-state index is 5.43. The van der Waals surface area contributed by atoms with Crippen molar-refractivity contribution in [2.24, 2.45) is 7.05 Å². The summed E-state index contributed by atoms with van der Waals surface area (Å²) in [6.45, 7) is 0. The van der Waals surface area contributed by atoms with Gasteiger partial charge in [-0.15, -0.1) is 10.2 Å². The molecule has 0 aliphatic rings. The van der Waals surface area contributed by atoms with Crippen LogP contribution in [0, 0.1) is 0 Å². The van der Waals surface area contributed by atoms with E-state index in [0.717, 1.165) is 0 Å². The van der Waals surface area contributed by atoms with Crippen LogP contribution in [0.2, 0.25) is 0 Å². The Morgan fingerprint density at radius 2 is 2.29 bits per heavy atom. The molecule has 7 nitrogen and oxygen atoms in total. The molecule has 0 bridgehead atoms. The van der Waals surface area contributed by atoms with E-state index in [9.17, 15) is 0 Å². The zero-order chi connectivity index (χ0) is 10.1. The highest BCUT2D eigenvalue weighted by Crippen LogP contribution is 2.14. The molecule has 0 aromatic carbocycles. The molecule has 0 fully saturated rings. The van der Waals surface area contributed by atoms with E-state index in [0.29, 0.717) is 17.5 Å². The first-order chi connectivity index (χ1) is 6.70. The van der Waals surface area contributed by atoms with Crippen LogP contribution in [0.25, 0.3) is 5.82 Å². The lowest BCUT2D eigenvalue weighted by atomic mass is 10.6. The Kier molecular flexibility index (Phi) is 1.84. The van der Waals surface area contributed by atoms with E-state index in [1.165, 1.54) is 4.68 Å². The number of hydrogen-bond donors (Lipinski definition) is 1. The van der Waals surface area contributed by atoms with Gasteiger partial charge >= 0.3 is 0 Å². The highest BCUT2D eigenvalue weighted by atomic mass is 16.5. The first-order valence-electron chi connectivity index (χ1n) is 3.97. The molecule has 0 atom stereocenters. The first-order valence-corrected chi connectivity index (χ1v) is 3.97. The lowest BCUT2D eigenvalue weighted by Gasteiger charge is -1.95. The minimum absolute atomic E-state index is 0.356. The molecule has 2 aromatic heterocycles. The number of nitrogens with zero attached hydrogens (tertiary/aromatic N) is 5. The number of ether oxygens (including phenoxy) is 1. The fraction of sp³-hybridized carbons (Fsp3) is 0.286. The number of methoxy groups -OCH3 is 1. The second-order valence-corrected chi connectivity index (χ2v) is 2.76. The Balaban J connectivity index is 2.42. The van der Waals surface area contributed by atoms with Gasteiger partial charge in [-0.3, -0.25) is 0 Å². The second kappa shape index (κ2) is 3.02. The second-order valence-electron chi connectivity index (χ2n) is 2.76. The predicted octanol–water partition coefficient (Wildman–Crippen LogP) is -0.408. The summed E-state index contributed by atoms with van der Waals surface area (Å²) < 4.78 is 8.15.